The maximum Gasteiger partial charge on any atom is 0.160 e. The van der Waals surface area contributed by atoms with Gasteiger partial charge in [-0.2, -0.15) is 0 Å². The molecule has 18 heavy (non-hydrogen) atoms. The first-order chi connectivity index (χ1) is 8.70. The van der Waals surface area contributed by atoms with E-state index < -0.39 is 0 Å². The molecule has 0 aliphatic heterocycles. The molecule has 0 saturated heterocycles. The zero-order valence-electron chi connectivity index (χ0n) is 11.3. The largest absolute Gasteiger partial charge is 0.504 e. The molecule has 1 saturated carbocycles. The van der Waals surface area contributed by atoms with Gasteiger partial charge in [-0.25, -0.2) is 0 Å². The van der Waals surface area contributed by atoms with Crippen molar-refractivity contribution < 1.29 is 9.84 Å². The van der Waals surface area contributed by atoms with E-state index >= 15 is 0 Å². The van der Waals surface area contributed by atoms with Crippen LogP contribution in [-0.4, -0.2) is 18.8 Å². The van der Waals surface area contributed by atoms with Crippen LogP contribution < -0.4 is 10.1 Å². The van der Waals surface area contributed by atoms with Crippen LogP contribution in [0.4, 0.5) is 0 Å². The van der Waals surface area contributed by atoms with E-state index in [1.807, 2.05) is 12.1 Å². The highest BCUT2D eigenvalue weighted by atomic mass is 16.5. The van der Waals surface area contributed by atoms with Gasteiger partial charge in [-0.1, -0.05) is 25.8 Å². The molecule has 0 radical (unpaired) electrons. The molecule has 0 spiro atoms. The van der Waals surface area contributed by atoms with Crippen LogP contribution >= 0.6 is 0 Å². The summed E-state index contributed by atoms with van der Waals surface area (Å²) >= 11 is 0. The van der Waals surface area contributed by atoms with Gasteiger partial charge in [-0.3, -0.25) is 0 Å². The van der Waals surface area contributed by atoms with Crippen LogP contribution in [0.25, 0.3) is 0 Å². The first-order valence-electron chi connectivity index (χ1n) is 6.77. The van der Waals surface area contributed by atoms with Crippen molar-refractivity contribution in [3.63, 3.8) is 0 Å². The summed E-state index contributed by atoms with van der Waals surface area (Å²) in [6.07, 6.45) is 4.09. The number of aromatic hydroxyl groups is 1. The Bertz CT molecular complexity index is 392. The molecule has 1 aliphatic carbocycles. The smallest absolute Gasteiger partial charge is 0.160 e. The van der Waals surface area contributed by atoms with Gasteiger partial charge in [0.1, 0.15) is 0 Å². The number of rotatable bonds is 5. The topological polar surface area (TPSA) is 41.5 Å². The van der Waals surface area contributed by atoms with Gasteiger partial charge in [0.2, 0.25) is 0 Å². The minimum absolute atomic E-state index is 0.214. The Balaban J connectivity index is 1.81. The lowest BCUT2D eigenvalue weighted by Gasteiger charge is -2.16. The van der Waals surface area contributed by atoms with E-state index in [-0.39, 0.29) is 5.75 Å². The molecule has 0 aromatic heterocycles. The normalized spacial score (nSPS) is 23.2. The lowest BCUT2D eigenvalue weighted by molar-refractivity contribution is 0.372. The van der Waals surface area contributed by atoms with Gasteiger partial charge in [0.25, 0.3) is 0 Å². The second kappa shape index (κ2) is 6.10. The molecule has 2 atom stereocenters. The van der Waals surface area contributed by atoms with Gasteiger partial charge < -0.3 is 15.2 Å². The molecule has 0 amide bonds. The van der Waals surface area contributed by atoms with Crippen molar-refractivity contribution in [2.24, 2.45) is 11.8 Å². The Morgan fingerprint density at radius 3 is 2.83 bits per heavy atom. The summed E-state index contributed by atoms with van der Waals surface area (Å²) in [7, 11) is 1.56. The van der Waals surface area contributed by atoms with Gasteiger partial charge in [0, 0.05) is 6.54 Å². The van der Waals surface area contributed by atoms with Crippen LogP contribution in [-0.2, 0) is 6.54 Å². The fourth-order valence-electron chi connectivity index (χ4n) is 2.77. The second-order valence-electron chi connectivity index (χ2n) is 5.31. The SMILES string of the molecule is COc1ccc(CNCC2CCCC2C)cc1O. The fraction of sp³-hybridized carbons (Fsp3) is 0.600. The summed E-state index contributed by atoms with van der Waals surface area (Å²) in [5.74, 6) is 2.41. The lowest BCUT2D eigenvalue weighted by Crippen LogP contribution is -2.23. The Labute approximate surface area is 109 Å². The molecule has 1 aromatic carbocycles. The summed E-state index contributed by atoms with van der Waals surface area (Å²) in [5, 5.41) is 13.2. The summed E-state index contributed by atoms with van der Waals surface area (Å²) in [5.41, 5.74) is 1.10. The van der Waals surface area contributed by atoms with Crippen LogP contribution in [0.1, 0.15) is 31.7 Å². The van der Waals surface area contributed by atoms with E-state index in [9.17, 15) is 5.11 Å². The molecule has 1 aliphatic rings. The van der Waals surface area contributed by atoms with Crippen molar-refractivity contribution in [2.75, 3.05) is 13.7 Å². The monoisotopic (exact) mass is 249 g/mol. The Hall–Kier alpha value is -1.22. The first kappa shape index (κ1) is 13.2. The summed E-state index contributed by atoms with van der Waals surface area (Å²) in [6.45, 7) is 4.23. The lowest BCUT2D eigenvalue weighted by atomic mass is 9.98. The molecule has 2 unspecified atom stereocenters. The number of methoxy groups -OCH3 is 1. The quantitative estimate of drug-likeness (QED) is 0.843. The molecular formula is C15H23NO2. The number of nitrogens with one attached hydrogen (secondary N) is 1. The van der Waals surface area contributed by atoms with Crippen molar-refractivity contribution >= 4 is 0 Å². The Kier molecular flexibility index (Phi) is 4.48. The predicted molar refractivity (Wildman–Crippen MR) is 72.9 cm³/mol. The third-order valence-electron chi connectivity index (χ3n) is 4.02. The maximum atomic E-state index is 9.69. The summed E-state index contributed by atoms with van der Waals surface area (Å²) in [4.78, 5) is 0. The van der Waals surface area contributed by atoms with Gasteiger partial charge in [-0.05, 0) is 42.5 Å². The molecule has 0 heterocycles. The third kappa shape index (κ3) is 3.16. The van der Waals surface area contributed by atoms with Gasteiger partial charge in [0.05, 0.1) is 7.11 Å². The second-order valence-corrected chi connectivity index (χ2v) is 5.31. The molecule has 1 aromatic rings. The zero-order valence-corrected chi connectivity index (χ0v) is 11.3. The van der Waals surface area contributed by atoms with Crippen LogP contribution in [0.2, 0.25) is 0 Å². The third-order valence-corrected chi connectivity index (χ3v) is 4.02. The van der Waals surface area contributed by atoms with Crippen LogP contribution in [0.3, 0.4) is 0 Å². The van der Waals surface area contributed by atoms with Crippen LogP contribution in [0.5, 0.6) is 11.5 Å². The minimum atomic E-state index is 0.214. The van der Waals surface area contributed by atoms with Crippen LogP contribution in [0, 0.1) is 11.8 Å². The Morgan fingerprint density at radius 2 is 2.22 bits per heavy atom. The fourth-order valence-corrected chi connectivity index (χ4v) is 2.77. The van der Waals surface area contributed by atoms with Crippen LogP contribution in [0.15, 0.2) is 18.2 Å². The highest BCUT2D eigenvalue weighted by Gasteiger charge is 2.22. The van der Waals surface area contributed by atoms with Crippen molar-refractivity contribution in [3.05, 3.63) is 23.8 Å². The first-order valence-corrected chi connectivity index (χ1v) is 6.77. The van der Waals surface area contributed by atoms with E-state index in [1.165, 1.54) is 19.3 Å². The maximum absolute atomic E-state index is 9.69. The molecule has 3 heteroatoms. The summed E-state index contributed by atoms with van der Waals surface area (Å²) in [6, 6.07) is 5.57. The van der Waals surface area contributed by atoms with Gasteiger partial charge in [-0.15, -0.1) is 0 Å². The number of phenolic OH excluding ortho intramolecular Hbond substituents is 1. The van der Waals surface area contributed by atoms with E-state index in [0.717, 1.165) is 30.5 Å². The number of benzene rings is 1. The standard InChI is InChI=1S/C15H23NO2/c1-11-4-3-5-13(11)10-16-9-12-6-7-15(18-2)14(17)8-12/h6-8,11,13,16-17H,3-5,9-10H2,1-2H3. The van der Waals surface area contributed by atoms with Gasteiger partial charge in [0.15, 0.2) is 11.5 Å². The molecule has 100 valence electrons. The van der Waals surface area contributed by atoms with Crippen molar-refractivity contribution in [1.82, 2.24) is 5.32 Å². The molecule has 2 rings (SSSR count). The molecule has 0 bridgehead atoms. The van der Waals surface area contributed by atoms with Crippen molar-refractivity contribution in [3.8, 4) is 11.5 Å². The van der Waals surface area contributed by atoms with Crippen molar-refractivity contribution in [2.45, 2.75) is 32.7 Å². The molecule has 1 fully saturated rings. The Morgan fingerprint density at radius 1 is 1.39 bits per heavy atom. The number of phenols is 1. The molecular weight excluding hydrogens is 226 g/mol. The molecule has 3 nitrogen and oxygen atoms in total. The molecule has 2 N–H and O–H groups in total. The number of hydrogen-bond donors (Lipinski definition) is 2. The van der Waals surface area contributed by atoms with E-state index in [2.05, 4.69) is 12.2 Å². The van der Waals surface area contributed by atoms with Crippen molar-refractivity contribution in [1.29, 1.82) is 0 Å². The number of ether oxygens (including phenoxy) is 1. The average Bonchev–Trinajstić information content (AvgIpc) is 2.75. The van der Waals surface area contributed by atoms with E-state index in [1.54, 1.807) is 13.2 Å². The minimum Gasteiger partial charge on any atom is -0.504 e. The zero-order chi connectivity index (χ0) is 13.0. The summed E-state index contributed by atoms with van der Waals surface area (Å²) < 4.78 is 5.03. The van der Waals surface area contributed by atoms with E-state index in [4.69, 9.17) is 4.74 Å². The van der Waals surface area contributed by atoms with E-state index in [0.29, 0.717) is 5.75 Å². The highest BCUT2D eigenvalue weighted by molar-refractivity contribution is 5.41. The van der Waals surface area contributed by atoms with Gasteiger partial charge >= 0.3 is 0 Å². The average molecular weight is 249 g/mol. The highest BCUT2D eigenvalue weighted by Crippen LogP contribution is 2.30. The number of hydrogen-bond acceptors (Lipinski definition) is 3. The predicted octanol–water partition coefficient (Wildman–Crippen LogP) is 2.93.